The predicted molar refractivity (Wildman–Crippen MR) is 115 cm³/mol. The first-order chi connectivity index (χ1) is 15.5. The molecule has 32 heavy (non-hydrogen) atoms. The van der Waals surface area contributed by atoms with Gasteiger partial charge in [-0.1, -0.05) is 30.3 Å². The van der Waals surface area contributed by atoms with Crippen LogP contribution in [0.25, 0.3) is 0 Å². The number of amides is 4. The molecule has 4 amide bonds. The SMILES string of the molecule is NOc1ccc2c(c1)C(=O)N(C[C@@]1(c3ccc(C4C=NC=NC4)cc3)NC(=O)NC1=O)C2. The quantitative estimate of drug-likeness (QED) is 0.474. The molecule has 0 aromatic heterocycles. The molecule has 0 bridgehead atoms. The van der Waals surface area contributed by atoms with Gasteiger partial charge in [0.25, 0.3) is 11.8 Å². The van der Waals surface area contributed by atoms with Crippen LogP contribution >= 0.6 is 0 Å². The molecule has 2 aromatic rings. The first-order valence-electron chi connectivity index (χ1n) is 10.0. The molecule has 1 unspecified atom stereocenters. The zero-order valence-electron chi connectivity index (χ0n) is 16.9. The maximum absolute atomic E-state index is 13.0. The largest absolute Gasteiger partial charge is 0.412 e. The van der Waals surface area contributed by atoms with Gasteiger partial charge in [0.1, 0.15) is 12.1 Å². The number of carbonyl (C=O) groups is 3. The number of nitrogens with one attached hydrogen (secondary N) is 2. The Morgan fingerprint density at radius 1 is 1.16 bits per heavy atom. The van der Waals surface area contributed by atoms with Crippen LogP contribution in [0.15, 0.2) is 52.4 Å². The minimum atomic E-state index is -1.40. The highest BCUT2D eigenvalue weighted by molar-refractivity contribution is 6.08. The summed E-state index contributed by atoms with van der Waals surface area (Å²) in [6, 6.07) is 11.8. The van der Waals surface area contributed by atoms with E-state index in [1.807, 2.05) is 18.3 Å². The average molecular weight is 432 g/mol. The molecule has 2 atom stereocenters. The van der Waals surface area contributed by atoms with Crippen LogP contribution in [-0.4, -0.2) is 48.4 Å². The molecule has 1 fully saturated rings. The third-order valence-electron chi connectivity index (χ3n) is 6.01. The van der Waals surface area contributed by atoms with Gasteiger partial charge in [-0.2, -0.15) is 5.90 Å². The third kappa shape index (κ3) is 3.21. The molecule has 2 aromatic carbocycles. The topological polar surface area (TPSA) is 138 Å². The number of hydrogen-bond donors (Lipinski definition) is 3. The molecule has 0 spiro atoms. The Kier molecular flexibility index (Phi) is 4.71. The van der Waals surface area contributed by atoms with Crippen molar-refractivity contribution in [2.24, 2.45) is 15.9 Å². The van der Waals surface area contributed by atoms with Gasteiger partial charge in [0, 0.05) is 24.2 Å². The number of urea groups is 1. The van der Waals surface area contributed by atoms with Crippen LogP contribution < -0.4 is 21.4 Å². The Bertz CT molecular complexity index is 1180. The van der Waals surface area contributed by atoms with Gasteiger partial charge in [0.2, 0.25) is 0 Å². The summed E-state index contributed by atoms with van der Waals surface area (Å²) < 4.78 is 0. The van der Waals surface area contributed by atoms with Gasteiger partial charge < -0.3 is 15.1 Å². The molecule has 0 radical (unpaired) electrons. The lowest BCUT2D eigenvalue weighted by Gasteiger charge is -2.31. The normalized spacial score (nSPS) is 23.8. The molecule has 1 saturated heterocycles. The number of nitrogens with two attached hydrogens (primary N) is 1. The molecule has 3 aliphatic heterocycles. The van der Waals surface area contributed by atoms with Crippen molar-refractivity contribution in [1.29, 1.82) is 0 Å². The van der Waals surface area contributed by atoms with Gasteiger partial charge >= 0.3 is 6.03 Å². The summed E-state index contributed by atoms with van der Waals surface area (Å²) in [6.45, 7) is 0.879. The average Bonchev–Trinajstić information content (AvgIpc) is 3.29. The van der Waals surface area contributed by atoms with Gasteiger partial charge in [0.05, 0.1) is 13.1 Å². The molecule has 10 nitrogen and oxygen atoms in total. The molecule has 3 aliphatic rings. The van der Waals surface area contributed by atoms with Crippen molar-refractivity contribution in [3.05, 3.63) is 64.7 Å². The van der Waals surface area contributed by atoms with E-state index in [2.05, 4.69) is 20.6 Å². The van der Waals surface area contributed by atoms with Crippen LogP contribution in [-0.2, 0) is 16.9 Å². The number of nitrogens with zero attached hydrogens (tertiary/aromatic N) is 3. The van der Waals surface area contributed by atoms with Gasteiger partial charge in [0.15, 0.2) is 5.54 Å². The molecule has 5 rings (SSSR count). The van der Waals surface area contributed by atoms with E-state index < -0.39 is 17.5 Å². The van der Waals surface area contributed by atoms with Crippen LogP contribution in [0.2, 0.25) is 0 Å². The first kappa shape index (κ1) is 19.9. The van der Waals surface area contributed by atoms with Crippen molar-refractivity contribution >= 4 is 30.4 Å². The minimum absolute atomic E-state index is 0.0224. The monoisotopic (exact) mass is 432 g/mol. The van der Waals surface area contributed by atoms with Crippen LogP contribution in [0.5, 0.6) is 5.75 Å². The number of rotatable bonds is 5. The van der Waals surface area contributed by atoms with E-state index in [9.17, 15) is 14.4 Å². The van der Waals surface area contributed by atoms with Crippen LogP contribution in [0.4, 0.5) is 4.79 Å². The van der Waals surface area contributed by atoms with E-state index >= 15 is 0 Å². The summed E-state index contributed by atoms with van der Waals surface area (Å²) in [7, 11) is 0. The second-order valence-electron chi connectivity index (χ2n) is 7.92. The third-order valence-corrected chi connectivity index (χ3v) is 6.01. The fourth-order valence-electron chi connectivity index (χ4n) is 4.33. The van der Waals surface area contributed by atoms with Gasteiger partial charge in [-0.05, 0) is 28.8 Å². The lowest BCUT2D eigenvalue weighted by molar-refractivity contribution is -0.124. The minimum Gasteiger partial charge on any atom is -0.412 e. The molecular formula is C22H20N6O4. The standard InChI is InChI=1S/C22H20N6O4/c23-32-17-6-3-14-10-28(19(29)18(14)7-17)11-22(20(30)26-21(31)27-22)16-4-1-13(2-5-16)15-8-24-12-25-9-15/h1-8,12,15H,9-11,23H2,(H2,26,27,30,31)/t15?,22-/m0/s1. The maximum atomic E-state index is 13.0. The molecule has 3 heterocycles. The van der Waals surface area contributed by atoms with E-state index in [1.165, 1.54) is 11.2 Å². The van der Waals surface area contributed by atoms with E-state index in [0.717, 1.165) is 11.1 Å². The molecule has 4 N–H and O–H groups in total. The number of aliphatic imine (C=N–C) groups is 2. The van der Waals surface area contributed by atoms with Crippen LogP contribution in [0.1, 0.15) is 33.0 Å². The number of benzene rings is 2. The zero-order valence-corrected chi connectivity index (χ0v) is 16.9. The molecule has 0 aliphatic carbocycles. The van der Waals surface area contributed by atoms with E-state index in [-0.39, 0.29) is 18.4 Å². The summed E-state index contributed by atoms with van der Waals surface area (Å²) in [5, 5.41) is 5.05. The van der Waals surface area contributed by atoms with Crippen molar-refractivity contribution in [3.8, 4) is 5.75 Å². The maximum Gasteiger partial charge on any atom is 0.322 e. The van der Waals surface area contributed by atoms with E-state index in [0.29, 0.717) is 30.0 Å². The number of hydrogen-bond acceptors (Lipinski definition) is 7. The fourth-order valence-corrected chi connectivity index (χ4v) is 4.33. The summed E-state index contributed by atoms with van der Waals surface area (Å²) >= 11 is 0. The van der Waals surface area contributed by atoms with Crippen LogP contribution in [0.3, 0.4) is 0 Å². The second kappa shape index (κ2) is 7.57. The highest BCUT2D eigenvalue weighted by atomic mass is 16.6. The Hall–Kier alpha value is -4.05. The zero-order chi connectivity index (χ0) is 22.3. The molecule has 0 saturated carbocycles. The Morgan fingerprint density at radius 3 is 2.62 bits per heavy atom. The van der Waals surface area contributed by atoms with Crippen molar-refractivity contribution in [3.63, 3.8) is 0 Å². The summed E-state index contributed by atoms with van der Waals surface area (Å²) in [6.07, 6.45) is 3.34. The van der Waals surface area contributed by atoms with Crippen molar-refractivity contribution in [2.45, 2.75) is 18.0 Å². The Morgan fingerprint density at radius 2 is 1.97 bits per heavy atom. The van der Waals surface area contributed by atoms with Crippen molar-refractivity contribution in [1.82, 2.24) is 15.5 Å². The van der Waals surface area contributed by atoms with Crippen LogP contribution in [0, 0.1) is 0 Å². The molecular weight excluding hydrogens is 412 g/mol. The second-order valence-corrected chi connectivity index (χ2v) is 7.92. The van der Waals surface area contributed by atoms with Gasteiger partial charge in [-0.15, -0.1) is 0 Å². The lowest BCUT2D eigenvalue weighted by Crippen LogP contribution is -2.52. The highest BCUT2D eigenvalue weighted by Crippen LogP contribution is 2.33. The smallest absolute Gasteiger partial charge is 0.322 e. The highest BCUT2D eigenvalue weighted by Gasteiger charge is 2.50. The van der Waals surface area contributed by atoms with Gasteiger partial charge in [-0.3, -0.25) is 19.9 Å². The number of fused-ring (bicyclic) bond motifs is 1. The van der Waals surface area contributed by atoms with E-state index in [1.54, 1.807) is 30.3 Å². The van der Waals surface area contributed by atoms with E-state index in [4.69, 9.17) is 10.7 Å². The van der Waals surface area contributed by atoms with Gasteiger partial charge in [-0.25, -0.2) is 9.79 Å². The number of carbonyl (C=O) groups excluding carboxylic acids is 3. The van der Waals surface area contributed by atoms with Crippen molar-refractivity contribution in [2.75, 3.05) is 13.1 Å². The Balaban J connectivity index is 1.45. The molecule has 10 heteroatoms. The number of imide groups is 1. The molecule has 162 valence electrons. The summed E-state index contributed by atoms with van der Waals surface area (Å²) in [5.74, 6) is 4.86. The lowest BCUT2D eigenvalue weighted by atomic mass is 9.87. The first-order valence-corrected chi connectivity index (χ1v) is 10.0. The summed E-state index contributed by atoms with van der Waals surface area (Å²) in [4.78, 5) is 52.6. The summed E-state index contributed by atoms with van der Waals surface area (Å²) in [5.41, 5.74) is 1.42. The fraction of sp³-hybridized carbons (Fsp3) is 0.227. The predicted octanol–water partition coefficient (Wildman–Crippen LogP) is 0.826. The Labute approximate surface area is 183 Å². The van der Waals surface area contributed by atoms with Crippen molar-refractivity contribution < 1.29 is 19.2 Å².